The highest BCUT2D eigenvalue weighted by atomic mass is 15.3. The highest BCUT2D eigenvalue weighted by Gasteiger charge is 2.42. The fourth-order valence-electron chi connectivity index (χ4n) is 3.74. The maximum Gasteiger partial charge on any atom is 0.0242 e. The number of likely N-dealkylation sites (tertiary alicyclic amines) is 1. The molecule has 3 nitrogen and oxygen atoms in total. The molecule has 3 fully saturated rings. The summed E-state index contributed by atoms with van der Waals surface area (Å²) in [4.78, 5) is 5.53. The van der Waals surface area contributed by atoms with Crippen LogP contribution in [0.5, 0.6) is 0 Å². The van der Waals surface area contributed by atoms with Gasteiger partial charge in [-0.25, -0.2) is 0 Å². The second kappa shape index (κ2) is 4.52. The Bertz CT molecular complexity index is 277. The van der Waals surface area contributed by atoms with Crippen molar-refractivity contribution in [1.82, 2.24) is 15.1 Å². The van der Waals surface area contributed by atoms with E-state index in [-0.39, 0.29) is 0 Å². The Balaban J connectivity index is 1.63. The molecule has 0 aromatic carbocycles. The topological polar surface area (TPSA) is 18.5 Å². The molecule has 98 valence electrons. The molecule has 2 saturated heterocycles. The molecule has 4 unspecified atom stereocenters. The third-order valence-electron chi connectivity index (χ3n) is 4.90. The molecule has 0 amide bonds. The van der Waals surface area contributed by atoms with Gasteiger partial charge in [0.2, 0.25) is 0 Å². The number of hydrogen-bond donors (Lipinski definition) is 1. The molecule has 0 radical (unpaired) electrons. The van der Waals surface area contributed by atoms with E-state index in [9.17, 15) is 0 Å². The van der Waals surface area contributed by atoms with E-state index in [1.807, 2.05) is 0 Å². The van der Waals surface area contributed by atoms with Crippen LogP contribution in [0.25, 0.3) is 0 Å². The molecule has 2 aliphatic heterocycles. The zero-order valence-corrected chi connectivity index (χ0v) is 11.5. The van der Waals surface area contributed by atoms with Crippen LogP contribution < -0.4 is 5.32 Å². The van der Waals surface area contributed by atoms with Crippen molar-refractivity contribution >= 4 is 0 Å². The lowest BCUT2D eigenvalue weighted by atomic mass is 10.1. The molecule has 3 heteroatoms. The van der Waals surface area contributed by atoms with E-state index >= 15 is 0 Å². The largest absolute Gasteiger partial charge is 0.311 e. The summed E-state index contributed by atoms with van der Waals surface area (Å²) in [6, 6.07) is 3.93. The van der Waals surface area contributed by atoms with Crippen LogP contribution >= 0.6 is 0 Å². The Morgan fingerprint density at radius 2 is 1.59 bits per heavy atom. The van der Waals surface area contributed by atoms with E-state index in [0.29, 0.717) is 12.1 Å². The Labute approximate surface area is 106 Å². The van der Waals surface area contributed by atoms with Crippen LogP contribution in [0.1, 0.15) is 40.0 Å². The van der Waals surface area contributed by atoms with Gasteiger partial charge in [-0.1, -0.05) is 0 Å². The first-order valence-corrected chi connectivity index (χ1v) is 7.40. The van der Waals surface area contributed by atoms with Crippen LogP contribution in [0.2, 0.25) is 0 Å². The van der Waals surface area contributed by atoms with Crippen LogP contribution in [0.15, 0.2) is 0 Å². The zero-order chi connectivity index (χ0) is 12.0. The van der Waals surface area contributed by atoms with Crippen molar-refractivity contribution in [1.29, 1.82) is 0 Å². The first kappa shape index (κ1) is 11.9. The lowest BCUT2D eigenvalue weighted by Crippen LogP contribution is -2.58. The van der Waals surface area contributed by atoms with Gasteiger partial charge in [-0.2, -0.15) is 0 Å². The van der Waals surface area contributed by atoms with Gasteiger partial charge < -0.3 is 5.32 Å². The van der Waals surface area contributed by atoms with Gasteiger partial charge in [-0.05, 0) is 40.0 Å². The van der Waals surface area contributed by atoms with Gasteiger partial charge in [0.1, 0.15) is 0 Å². The third-order valence-corrected chi connectivity index (χ3v) is 4.90. The first-order valence-electron chi connectivity index (χ1n) is 7.40. The second-order valence-corrected chi connectivity index (χ2v) is 6.52. The standard InChI is InChI=1S/C14H27N3/c1-10-8-16(12(3)7-15-10)14-6-11(2)17(9-14)13-4-5-13/h10-15H,4-9H2,1-3H3. The van der Waals surface area contributed by atoms with Gasteiger partial charge in [0.05, 0.1) is 0 Å². The summed E-state index contributed by atoms with van der Waals surface area (Å²) >= 11 is 0. The average Bonchev–Trinajstić information content (AvgIpc) is 3.06. The van der Waals surface area contributed by atoms with Gasteiger partial charge >= 0.3 is 0 Å². The maximum atomic E-state index is 3.59. The van der Waals surface area contributed by atoms with Gasteiger partial charge in [0.25, 0.3) is 0 Å². The quantitative estimate of drug-likeness (QED) is 0.781. The predicted molar refractivity (Wildman–Crippen MR) is 71.2 cm³/mol. The van der Waals surface area contributed by atoms with Crippen molar-refractivity contribution in [3.05, 3.63) is 0 Å². The number of hydrogen-bond acceptors (Lipinski definition) is 3. The van der Waals surface area contributed by atoms with Crippen molar-refractivity contribution < 1.29 is 0 Å². The molecule has 17 heavy (non-hydrogen) atoms. The van der Waals surface area contributed by atoms with Crippen molar-refractivity contribution in [2.24, 2.45) is 0 Å². The molecular weight excluding hydrogens is 210 g/mol. The van der Waals surface area contributed by atoms with Crippen molar-refractivity contribution in [2.45, 2.75) is 70.2 Å². The Morgan fingerprint density at radius 3 is 2.29 bits per heavy atom. The highest BCUT2D eigenvalue weighted by molar-refractivity contribution is 4.99. The monoisotopic (exact) mass is 237 g/mol. The minimum absolute atomic E-state index is 0.663. The maximum absolute atomic E-state index is 3.59. The van der Waals surface area contributed by atoms with Crippen molar-refractivity contribution in [3.63, 3.8) is 0 Å². The summed E-state index contributed by atoms with van der Waals surface area (Å²) in [6.07, 6.45) is 4.28. The molecule has 1 N–H and O–H groups in total. The normalized spacial score (nSPS) is 45.4. The highest BCUT2D eigenvalue weighted by Crippen LogP contribution is 2.35. The van der Waals surface area contributed by atoms with Gasteiger partial charge in [0.15, 0.2) is 0 Å². The van der Waals surface area contributed by atoms with Crippen LogP contribution in [0, 0.1) is 0 Å². The van der Waals surface area contributed by atoms with E-state index < -0.39 is 0 Å². The molecule has 2 heterocycles. The fraction of sp³-hybridized carbons (Fsp3) is 1.00. The van der Waals surface area contributed by atoms with E-state index in [0.717, 1.165) is 24.7 Å². The van der Waals surface area contributed by atoms with Crippen molar-refractivity contribution in [3.8, 4) is 0 Å². The van der Waals surface area contributed by atoms with E-state index in [2.05, 4.69) is 35.9 Å². The number of nitrogens with one attached hydrogen (secondary N) is 1. The second-order valence-electron chi connectivity index (χ2n) is 6.52. The minimum atomic E-state index is 0.663. The van der Waals surface area contributed by atoms with Crippen LogP contribution in [-0.2, 0) is 0 Å². The first-order chi connectivity index (χ1) is 8.15. The SMILES string of the molecule is CC1CN(C2CC(C)N(C3CC3)C2)C(C)CN1. The molecule has 3 aliphatic rings. The summed E-state index contributed by atoms with van der Waals surface area (Å²) in [7, 11) is 0. The van der Waals surface area contributed by atoms with Crippen LogP contribution in [0.4, 0.5) is 0 Å². The predicted octanol–water partition coefficient (Wildman–Crippen LogP) is 1.29. The summed E-state index contributed by atoms with van der Waals surface area (Å²) in [5, 5.41) is 3.59. The molecular formula is C14H27N3. The fourth-order valence-corrected chi connectivity index (χ4v) is 3.74. The van der Waals surface area contributed by atoms with Gasteiger partial charge in [0, 0.05) is 49.8 Å². The molecule has 3 rings (SSSR count). The molecule has 0 aromatic rings. The molecule has 0 aromatic heterocycles. The number of rotatable bonds is 2. The molecule has 0 spiro atoms. The summed E-state index contributed by atoms with van der Waals surface area (Å²) in [6.45, 7) is 10.8. The smallest absolute Gasteiger partial charge is 0.0242 e. The van der Waals surface area contributed by atoms with Crippen LogP contribution in [-0.4, -0.2) is 59.6 Å². The summed E-state index contributed by atoms with van der Waals surface area (Å²) in [5.74, 6) is 0. The van der Waals surface area contributed by atoms with Crippen LogP contribution in [0.3, 0.4) is 0 Å². The Hall–Kier alpha value is -0.120. The number of nitrogens with zero attached hydrogens (tertiary/aromatic N) is 2. The minimum Gasteiger partial charge on any atom is -0.311 e. The molecule has 1 aliphatic carbocycles. The molecule has 4 atom stereocenters. The van der Waals surface area contributed by atoms with Gasteiger partial charge in [-0.3, -0.25) is 9.80 Å². The lowest BCUT2D eigenvalue weighted by molar-refractivity contribution is 0.0967. The summed E-state index contributed by atoms with van der Waals surface area (Å²) in [5.41, 5.74) is 0. The van der Waals surface area contributed by atoms with Gasteiger partial charge in [-0.15, -0.1) is 0 Å². The average molecular weight is 237 g/mol. The van der Waals surface area contributed by atoms with E-state index in [4.69, 9.17) is 0 Å². The Morgan fingerprint density at radius 1 is 0.882 bits per heavy atom. The summed E-state index contributed by atoms with van der Waals surface area (Å²) < 4.78 is 0. The lowest BCUT2D eigenvalue weighted by Gasteiger charge is -2.41. The Kier molecular flexibility index (Phi) is 3.18. The third kappa shape index (κ3) is 2.38. The molecule has 0 bridgehead atoms. The number of piperazine rings is 1. The zero-order valence-electron chi connectivity index (χ0n) is 11.5. The van der Waals surface area contributed by atoms with Crippen molar-refractivity contribution in [2.75, 3.05) is 19.6 Å². The molecule has 1 saturated carbocycles. The van der Waals surface area contributed by atoms with E-state index in [1.54, 1.807) is 0 Å². The van der Waals surface area contributed by atoms with E-state index in [1.165, 1.54) is 32.4 Å².